The van der Waals surface area contributed by atoms with Crippen LogP contribution < -0.4 is 0 Å². The molecule has 0 aliphatic heterocycles. The van der Waals surface area contributed by atoms with E-state index in [0.29, 0.717) is 41.9 Å². The van der Waals surface area contributed by atoms with Crippen LogP contribution in [0.25, 0.3) is 11.8 Å². The van der Waals surface area contributed by atoms with Gasteiger partial charge in [0.2, 0.25) is 10.0 Å². The van der Waals surface area contributed by atoms with E-state index in [9.17, 15) is 30.8 Å². The second kappa shape index (κ2) is 11.3. The number of sulfonamides is 1. The van der Waals surface area contributed by atoms with Gasteiger partial charge in [-0.1, -0.05) is 12.5 Å². The van der Waals surface area contributed by atoms with Crippen LogP contribution in [0.4, 0.5) is 17.6 Å². The molecule has 0 spiro atoms. The molecule has 3 aromatic heterocycles. The van der Waals surface area contributed by atoms with Crippen LogP contribution in [0, 0.1) is 11.2 Å². The number of Topliss-reactive ketones (excluding diaryl/α,β-unsaturated/α-hetero) is 1. The van der Waals surface area contributed by atoms with E-state index in [-0.39, 0.29) is 30.0 Å². The maximum absolute atomic E-state index is 14.5. The summed E-state index contributed by atoms with van der Waals surface area (Å²) in [7, 11) is -4.01. The highest BCUT2D eigenvalue weighted by molar-refractivity contribution is 7.89. The quantitative estimate of drug-likeness (QED) is 0.180. The van der Waals surface area contributed by atoms with Gasteiger partial charge >= 0.3 is 6.18 Å². The van der Waals surface area contributed by atoms with Gasteiger partial charge in [0.05, 0.1) is 34.8 Å². The lowest BCUT2D eigenvalue weighted by molar-refractivity contribution is -0.137. The van der Waals surface area contributed by atoms with Crippen molar-refractivity contribution in [3.8, 4) is 5.69 Å². The monoisotopic (exact) mass is 642 g/mol. The molecule has 6 rings (SSSR count). The van der Waals surface area contributed by atoms with Gasteiger partial charge in [-0.05, 0) is 80.6 Å². The fourth-order valence-corrected chi connectivity index (χ4v) is 8.12. The number of ketones is 1. The third-order valence-electron chi connectivity index (χ3n) is 8.72. The smallest absolute Gasteiger partial charge is 0.291 e. The van der Waals surface area contributed by atoms with Crippen molar-refractivity contribution < 1.29 is 30.8 Å². The zero-order valence-electron chi connectivity index (χ0n) is 24.5. The summed E-state index contributed by atoms with van der Waals surface area (Å²) in [5, 5.41) is 8.60. The van der Waals surface area contributed by atoms with Gasteiger partial charge in [0, 0.05) is 31.5 Å². The molecular weight excluding hydrogens is 612 g/mol. The predicted molar refractivity (Wildman–Crippen MR) is 156 cm³/mol. The minimum absolute atomic E-state index is 0.0268. The number of hydrogen-bond acceptors (Lipinski definition) is 6. The lowest BCUT2D eigenvalue weighted by Gasteiger charge is -2.46. The molecule has 1 fully saturated rings. The Kier molecular flexibility index (Phi) is 7.76. The highest BCUT2D eigenvalue weighted by Crippen LogP contribution is 2.51. The zero-order chi connectivity index (χ0) is 32.1. The van der Waals surface area contributed by atoms with Crippen LogP contribution in [0.2, 0.25) is 0 Å². The molecule has 0 radical (unpaired) electrons. The lowest BCUT2D eigenvalue weighted by atomic mass is 9.60. The normalized spacial score (nSPS) is 20.1. The molecule has 0 bridgehead atoms. The third-order valence-corrected chi connectivity index (χ3v) is 10.7. The number of halogens is 4. The summed E-state index contributed by atoms with van der Waals surface area (Å²) in [6, 6.07) is 6.69. The fraction of sp³-hybridized carbons (Fsp3) is 0.355. The summed E-state index contributed by atoms with van der Waals surface area (Å²) < 4.78 is 86.7. The van der Waals surface area contributed by atoms with E-state index in [2.05, 4.69) is 15.2 Å². The number of aromatic nitrogens is 5. The van der Waals surface area contributed by atoms with Crippen molar-refractivity contribution in [3.63, 3.8) is 0 Å². The molecule has 0 N–H and O–H groups in total. The Labute approximate surface area is 257 Å². The number of hydrogen-bond donors (Lipinski definition) is 0. The van der Waals surface area contributed by atoms with E-state index < -0.39 is 44.8 Å². The van der Waals surface area contributed by atoms with Gasteiger partial charge in [-0.2, -0.15) is 27.7 Å². The van der Waals surface area contributed by atoms with Crippen LogP contribution in [-0.4, -0.2) is 55.6 Å². The Morgan fingerprint density at radius 3 is 2.53 bits per heavy atom. The molecule has 1 saturated carbocycles. The van der Waals surface area contributed by atoms with E-state index in [4.69, 9.17) is 0 Å². The van der Waals surface area contributed by atoms with Gasteiger partial charge in [0.1, 0.15) is 16.4 Å². The number of alkyl halides is 3. The summed E-state index contributed by atoms with van der Waals surface area (Å²) in [6.45, 7) is 4.14. The minimum Gasteiger partial charge on any atom is -0.291 e. The molecular formula is C31H30F4N6O3S. The SMILES string of the molecule is CCN([C@H]1CCC2=Cc3c(cnn3-c3ccc(F)cc3)C[C@]2(C(=O)c2cc(C(F)(F)F)ccn2)C1)S(=O)(=O)c1cnn(CC)c1. The molecule has 14 heteroatoms. The molecule has 2 aliphatic rings. The van der Waals surface area contributed by atoms with Crippen LogP contribution in [0.5, 0.6) is 0 Å². The molecule has 236 valence electrons. The van der Waals surface area contributed by atoms with E-state index in [0.717, 1.165) is 18.3 Å². The van der Waals surface area contributed by atoms with Crippen molar-refractivity contribution in [2.24, 2.45) is 5.41 Å². The Morgan fingerprint density at radius 2 is 1.87 bits per heavy atom. The van der Waals surface area contributed by atoms with E-state index in [1.54, 1.807) is 29.9 Å². The van der Waals surface area contributed by atoms with Crippen molar-refractivity contribution in [1.29, 1.82) is 0 Å². The Balaban J connectivity index is 1.44. The molecule has 1 aromatic carbocycles. The van der Waals surface area contributed by atoms with Crippen molar-refractivity contribution in [2.75, 3.05) is 6.54 Å². The maximum atomic E-state index is 14.5. The number of pyridine rings is 1. The maximum Gasteiger partial charge on any atom is 0.416 e. The lowest BCUT2D eigenvalue weighted by Crippen LogP contribution is -2.50. The van der Waals surface area contributed by atoms with Gasteiger partial charge < -0.3 is 0 Å². The summed E-state index contributed by atoms with van der Waals surface area (Å²) in [5.41, 5.74) is -0.145. The average Bonchev–Trinajstić information content (AvgIpc) is 3.67. The van der Waals surface area contributed by atoms with Crippen molar-refractivity contribution in [2.45, 2.75) is 63.2 Å². The molecule has 3 heterocycles. The standard InChI is InChI=1S/C31H30F4N6O3S/c1-3-39-19-26(18-37-39)45(43,44)40(4-2)25-8-5-21-14-28-20(17-38-41(28)24-9-6-23(32)7-10-24)15-30(21,16-25)29(42)27-13-22(11-12-36-27)31(33,34)35/h6-7,9-14,17-19,25H,3-5,8,15-16H2,1-2H3/t25-,30-/m0/s1. The summed E-state index contributed by atoms with van der Waals surface area (Å²) in [4.78, 5) is 18.5. The summed E-state index contributed by atoms with van der Waals surface area (Å²) in [5.74, 6) is -1.02. The average molecular weight is 643 g/mol. The second-order valence-corrected chi connectivity index (χ2v) is 13.2. The van der Waals surface area contributed by atoms with Gasteiger partial charge in [0.25, 0.3) is 0 Å². The number of nitrogens with zero attached hydrogens (tertiary/aromatic N) is 6. The molecule has 4 aromatic rings. The van der Waals surface area contributed by atoms with Crippen LogP contribution in [0.1, 0.15) is 60.4 Å². The number of carbonyl (C=O) groups excluding carboxylic acids is 1. The van der Waals surface area contributed by atoms with E-state index in [1.165, 1.54) is 33.5 Å². The number of carbonyl (C=O) groups is 1. The summed E-state index contributed by atoms with van der Waals surface area (Å²) >= 11 is 0. The first-order valence-electron chi connectivity index (χ1n) is 14.5. The van der Waals surface area contributed by atoms with Gasteiger partial charge in [-0.3, -0.25) is 14.5 Å². The second-order valence-electron chi connectivity index (χ2n) is 11.3. The molecule has 2 atom stereocenters. The molecule has 0 saturated heterocycles. The highest BCUT2D eigenvalue weighted by atomic mass is 32.2. The van der Waals surface area contributed by atoms with Crippen molar-refractivity contribution >= 4 is 21.9 Å². The van der Waals surface area contributed by atoms with Crippen LogP contribution >= 0.6 is 0 Å². The van der Waals surface area contributed by atoms with Gasteiger partial charge in [0.15, 0.2) is 5.78 Å². The first kappa shape index (κ1) is 30.8. The topological polar surface area (TPSA) is 103 Å². The van der Waals surface area contributed by atoms with Gasteiger partial charge in [-0.25, -0.2) is 17.5 Å². The largest absolute Gasteiger partial charge is 0.416 e. The number of benzene rings is 1. The summed E-state index contributed by atoms with van der Waals surface area (Å²) in [6.07, 6.45) is 3.22. The van der Waals surface area contributed by atoms with Gasteiger partial charge in [-0.15, -0.1) is 0 Å². The molecule has 9 nitrogen and oxygen atoms in total. The van der Waals surface area contributed by atoms with E-state index in [1.807, 2.05) is 13.0 Å². The molecule has 45 heavy (non-hydrogen) atoms. The van der Waals surface area contributed by atoms with Crippen LogP contribution in [0.15, 0.2) is 71.7 Å². The zero-order valence-corrected chi connectivity index (χ0v) is 25.3. The molecule has 0 amide bonds. The highest BCUT2D eigenvalue weighted by Gasteiger charge is 2.52. The van der Waals surface area contributed by atoms with Crippen molar-refractivity contribution in [1.82, 2.24) is 28.9 Å². The number of allylic oxidation sites excluding steroid dienone is 1. The molecule has 0 unspecified atom stereocenters. The fourth-order valence-electron chi connectivity index (χ4n) is 6.50. The minimum atomic E-state index is -4.69. The first-order valence-corrected chi connectivity index (χ1v) is 16.0. The number of rotatable bonds is 8. The van der Waals surface area contributed by atoms with Crippen LogP contribution in [-0.2, 0) is 29.2 Å². The Morgan fingerprint density at radius 1 is 1.11 bits per heavy atom. The Hall–Kier alpha value is -4.17. The first-order chi connectivity index (χ1) is 21.4. The number of fused-ring (bicyclic) bond motifs is 2. The number of aryl methyl sites for hydroxylation is 1. The van der Waals surface area contributed by atoms with Crippen LogP contribution in [0.3, 0.4) is 0 Å². The van der Waals surface area contributed by atoms with Crippen molar-refractivity contribution in [3.05, 3.63) is 95.1 Å². The molecule has 2 aliphatic carbocycles. The predicted octanol–water partition coefficient (Wildman–Crippen LogP) is 5.71. The third kappa shape index (κ3) is 5.39. The Bertz CT molecular complexity index is 1900. The van der Waals surface area contributed by atoms with E-state index >= 15 is 0 Å².